The smallest absolute Gasteiger partial charge is 0.0434 e. The fourth-order valence-corrected chi connectivity index (χ4v) is 3.18. The van der Waals surface area contributed by atoms with Crippen LogP contribution in [0.3, 0.4) is 0 Å². The van der Waals surface area contributed by atoms with Gasteiger partial charge in [-0.1, -0.05) is 6.07 Å². The van der Waals surface area contributed by atoms with Crippen molar-refractivity contribution < 1.29 is 0 Å². The second-order valence-corrected chi connectivity index (χ2v) is 5.00. The molecule has 0 saturated carbocycles. The number of hydrogen-bond acceptors (Lipinski definition) is 1. The summed E-state index contributed by atoms with van der Waals surface area (Å²) in [5.41, 5.74) is 7.90. The summed E-state index contributed by atoms with van der Waals surface area (Å²) in [5.74, 6) is 0. The van der Waals surface area contributed by atoms with Crippen molar-refractivity contribution in [3.63, 3.8) is 0 Å². The molecule has 0 atom stereocenters. The summed E-state index contributed by atoms with van der Waals surface area (Å²) in [5, 5.41) is 0. The Hall–Kier alpha value is -0.980. The molecule has 2 aliphatic heterocycles. The molecule has 1 heteroatoms. The maximum atomic E-state index is 2.62. The maximum absolute atomic E-state index is 2.62. The van der Waals surface area contributed by atoms with Gasteiger partial charge >= 0.3 is 0 Å². The van der Waals surface area contributed by atoms with E-state index in [1.165, 1.54) is 44.3 Å². The predicted molar refractivity (Wildman–Crippen MR) is 64.8 cm³/mol. The number of anilines is 1. The molecule has 2 aliphatic rings. The van der Waals surface area contributed by atoms with Gasteiger partial charge in [0.25, 0.3) is 0 Å². The number of benzene rings is 1. The van der Waals surface area contributed by atoms with Crippen LogP contribution < -0.4 is 4.90 Å². The highest BCUT2D eigenvalue weighted by Gasteiger charge is 2.25. The molecule has 15 heavy (non-hydrogen) atoms. The van der Waals surface area contributed by atoms with E-state index >= 15 is 0 Å². The minimum Gasteiger partial charge on any atom is -0.371 e. The maximum Gasteiger partial charge on any atom is 0.0434 e. The lowest BCUT2D eigenvalue weighted by Gasteiger charge is -2.38. The molecule has 0 saturated heterocycles. The lowest BCUT2D eigenvalue weighted by atomic mass is 9.87. The third-order valence-electron chi connectivity index (χ3n) is 4.07. The lowest BCUT2D eigenvalue weighted by Crippen LogP contribution is -2.35. The van der Waals surface area contributed by atoms with E-state index in [1.54, 1.807) is 22.4 Å². The van der Waals surface area contributed by atoms with Gasteiger partial charge in [0.15, 0.2) is 0 Å². The van der Waals surface area contributed by atoms with Crippen molar-refractivity contribution in [2.45, 2.75) is 39.5 Å². The molecule has 0 aliphatic carbocycles. The SMILES string of the molecule is Cc1cc2c3c(c1C)CCCN3CCC2. The van der Waals surface area contributed by atoms with Gasteiger partial charge in [-0.3, -0.25) is 0 Å². The molecule has 1 aromatic carbocycles. The Bertz CT molecular complexity index is 404. The second kappa shape index (κ2) is 3.26. The number of rotatable bonds is 0. The zero-order valence-electron chi connectivity index (χ0n) is 9.77. The first-order valence-corrected chi connectivity index (χ1v) is 6.14. The Kier molecular flexibility index (Phi) is 2.01. The van der Waals surface area contributed by atoms with Gasteiger partial charge in [-0.25, -0.2) is 0 Å². The Morgan fingerprint density at radius 2 is 1.80 bits per heavy atom. The van der Waals surface area contributed by atoms with E-state index in [0.29, 0.717) is 0 Å². The average Bonchev–Trinajstić information content (AvgIpc) is 2.26. The van der Waals surface area contributed by atoms with Crippen molar-refractivity contribution in [2.75, 3.05) is 18.0 Å². The van der Waals surface area contributed by atoms with Crippen LogP contribution >= 0.6 is 0 Å². The summed E-state index contributed by atoms with van der Waals surface area (Å²) in [7, 11) is 0. The minimum absolute atomic E-state index is 1.28. The van der Waals surface area contributed by atoms with Gasteiger partial charge in [0.05, 0.1) is 0 Å². The molecule has 0 fully saturated rings. The zero-order valence-corrected chi connectivity index (χ0v) is 9.77. The van der Waals surface area contributed by atoms with Gasteiger partial charge in [0.1, 0.15) is 0 Å². The summed E-state index contributed by atoms with van der Waals surface area (Å²) in [6.07, 6.45) is 5.28. The Balaban J connectivity index is 2.25. The van der Waals surface area contributed by atoms with Gasteiger partial charge in [0.2, 0.25) is 0 Å². The first-order chi connectivity index (χ1) is 7.27. The first-order valence-electron chi connectivity index (χ1n) is 6.14. The molecule has 3 rings (SSSR count). The zero-order chi connectivity index (χ0) is 10.4. The van der Waals surface area contributed by atoms with Crippen LogP contribution in [0, 0.1) is 13.8 Å². The van der Waals surface area contributed by atoms with Crippen molar-refractivity contribution in [2.24, 2.45) is 0 Å². The van der Waals surface area contributed by atoms with Crippen molar-refractivity contribution in [1.29, 1.82) is 0 Å². The highest BCUT2D eigenvalue weighted by atomic mass is 15.1. The fourth-order valence-electron chi connectivity index (χ4n) is 3.18. The van der Waals surface area contributed by atoms with Gasteiger partial charge in [-0.05, 0) is 61.8 Å². The number of hydrogen-bond donors (Lipinski definition) is 0. The Morgan fingerprint density at radius 3 is 2.60 bits per heavy atom. The Labute approximate surface area is 92.1 Å². The van der Waals surface area contributed by atoms with E-state index in [9.17, 15) is 0 Å². The average molecular weight is 201 g/mol. The molecule has 0 aromatic heterocycles. The molecule has 0 radical (unpaired) electrons. The van der Waals surface area contributed by atoms with E-state index in [-0.39, 0.29) is 0 Å². The van der Waals surface area contributed by atoms with E-state index < -0.39 is 0 Å². The van der Waals surface area contributed by atoms with Gasteiger partial charge in [0, 0.05) is 18.8 Å². The molecule has 2 heterocycles. The largest absolute Gasteiger partial charge is 0.371 e. The molecule has 80 valence electrons. The molecule has 1 aromatic rings. The monoisotopic (exact) mass is 201 g/mol. The van der Waals surface area contributed by atoms with Crippen molar-refractivity contribution in [3.8, 4) is 0 Å². The summed E-state index contributed by atoms with van der Waals surface area (Å²) in [6.45, 7) is 7.12. The van der Waals surface area contributed by atoms with Crippen LogP contribution in [-0.2, 0) is 12.8 Å². The third kappa shape index (κ3) is 1.29. The van der Waals surface area contributed by atoms with E-state index in [4.69, 9.17) is 0 Å². The van der Waals surface area contributed by atoms with Gasteiger partial charge in [-0.15, -0.1) is 0 Å². The molecular formula is C14H19N. The highest BCUT2D eigenvalue weighted by Crippen LogP contribution is 2.38. The first kappa shape index (κ1) is 9.26. The topological polar surface area (TPSA) is 3.24 Å². The summed E-state index contributed by atoms with van der Waals surface area (Å²) >= 11 is 0. The van der Waals surface area contributed by atoms with Crippen LogP contribution in [0.25, 0.3) is 0 Å². The Morgan fingerprint density at radius 1 is 1.07 bits per heavy atom. The minimum atomic E-state index is 1.28. The quantitative estimate of drug-likeness (QED) is 0.623. The predicted octanol–water partition coefficient (Wildman–Crippen LogP) is 3.00. The van der Waals surface area contributed by atoms with Crippen LogP contribution in [0.4, 0.5) is 5.69 Å². The van der Waals surface area contributed by atoms with Crippen LogP contribution in [0.5, 0.6) is 0 Å². The van der Waals surface area contributed by atoms with Crippen molar-refractivity contribution in [3.05, 3.63) is 28.3 Å². The molecule has 0 spiro atoms. The standard InChI is InChI=1S/C14H19N/c1-10-9-12-5-3-7-15-8-4-6-13(11(10)2)14(12)15/h9H,3-8H2,1-2H3. The van der Waals surface area contributed by atoms with Gasteiger partial charge < -0.3 is 4.90 Å². The van der Waals surface area contributed by atoms with Crippen LogP contribution in [0.15, 0.2) is 6.07 Å². The summed E-state index contributed by atoms with van der Waals surface area (Å²) < 4.78 is 0. The number of aryl methyl sites for hydroxylation is 2. The molecule has 1 nitrogen and oxygen atoms in total. The second-order valence-electron chi connectivity index (χ2n) is 5.00. The van der Waals surface area contributed by atoms with Crippen molar-refractivity contribution in [1.82, 2.24) is 0 Å². The molecule has 0 amide bonds. The number of nitrogens with zero attached hydrogens (tertiary/aromatic N) is 1. The van der Waals surface area contributed by atoms with E-state index in [1.807, 2.05) is 0 Å². The molecular weight excluding hydrogens is 182 g/mol. The van der Waals surface area contributed by atoms with Crippen LogP contribution in [0.1, 0.15) is 35.1 Å². The molecule has 0 N–H and O–H groups in total. The third-order valence-corrected chi connectivity index (χ3v) is 4.07. The lowest BCUT2D eigenvalue weighted by molar-refractivity contribution is 0.631. The summed E-state index contributed by atoms with van der Waals surface area (Å²) in [6, 6.07) is 2.42. The fraction of sp³-hybridized carbons (Fsp3) is 0.571. The van der Waals surface area contributed by atoms with Crippen molar-refractivity contribution >= 4 is 5.69 Å². The van der Waals surface area contributed by atoms with E-state index in [2.05, 4.69) is 24.8 Å². The van der Waals surface area contributed by atoms with Crippen LogP contribution in [0.2, 0.25) is 0 Å². The van der Waals surface area contributed by atoms with Gasteiger partial charge in [-0.2, -0.15) is 0 Å². The summed E-state index contributed by atoms with van der Waals surface area (Å²) in [4.78, 5) is 2.62. The van der Waals surface area contributed by atoms with E-state index in [0.717, 1.165) is 0 Å². The van der Waals surface area contributed by atoms with Crippen LogP contribution in [-0.4, -0.2) is 13.1 Å². The highest BCUT2D eigenvalue weighted by molar-refractivity contribution is 5.66. The molecule has 0 unspecified atom stereocenters. The normalized spacial score (nSPS) is 18.9. The molecule has 0 bridgehead atoms.